The van der Waals surface area contributed by atoms with Crippen LogP contribution in [0.4, 0.5) is 0 Å². The minimum atomic E-state index is -0.568. The zero-order valence-electron chi connectivity index (χ0n) is 27.3. The lowest BCUT2D eigenvalue weighted by atomic mass is 10.0. The Balaban J connectivity index is 0.000000230. The molecule has 1 unspecified atom stereocenters. The summed E-state index contributed by atoms with van der Waals surface area (Å²) in [5.41, 5.74) is 11.4. The van der Waals surface area contributed by atoms with Gasteiger partial charge in [-0.1, -0.05) is 72.8 Å². The summed E-state index contributed by atoms with van der Waals surface area (Å²) < 4.78 is 0. The highest BCUT2D eigenvalue weighted by atomic mass is 16.2. The van der Waals surface area contributed by atoms with Gasteiger partial charge in [-0.25, -0.2) is 0 Å². The Hall–Kier alpha value is -3.89. The second-order valence-electron chi connectivity index (χ2n) is 13.5. The molecule has 3 amide bonds. The highest BCUT2D eigenvalue weighted by molar-refractivity contribution is 6.05. The average Bonchev–Trinajstić information content (AvgIpc) is 3.40. The van der Waals surface area contributed by atoms with Gasteiger partial charge in [0.1, 0.15) is 6.04 Å². The van der Waals surface area contributed by atoms with Crippen LogP contribution < -0.4 is 16.4 Å². The summed E-state index contributed by atoms with van der Waals surface area (Å²) in [5, 5.41) is 6.06. The van der Waals surface area contributed by atoms with E-state index in [9.17, 15) is 14.4 Å². The van der Waals surface area contributed by atoms with Crippen molar-refractivity contribution in [2.45, 2.75) is 82.8 Å². The SMILES string of the molecule is N[C@H]1CCCN(Cc2ccccc2)C1.O=C1CCC(N2Cc3cc(CN[C@H]4CCCN(Cc5ccccc5)C4)ccc3C2=O)C(=O)N1. The van der Waals surface area contributed by atoms with E-state index in [0.29, 0.717) is 30.6 Å². The number of benzene rings is 3. The minimum absolute atomic E-state index is 0.122. The van der Waals surface area contributed by atoms with Gasteiger partial charge >= 0.3 is 0 Å². The standard InChI is InChI=1S/C26H30N4O3.C12H18N2/c31-24-11-10-23(25(32)28-24)30-16-20-13-19(8-9-22(20)26(30)33)14-27-21-7-4-12-29(17-21)15-18-5-2-1-3-6-18;13-12-7-4-8-14(10-12)9-11-5-2-1-3-6-11/h1-3,5-6,8-9,13,21,23,27H,4,7,10-12,14-17H2,(H,28,31,32);1-3,5-6,12H,4,7-10,13H2/t21-,23?;12-/m00/s1. The molecule has 9 nitrogen and oxygen atoms in total. The number of carbonyl (C=O) groups excluding carboxylic acids is 3. The first-order chi connectivity index (χ1) is 22.9. The number of amides is 3. The van der Waals surface area contributed by atoms with Gasteiger partial charge in [-0.2, -0.15) is 0 Å². The molecule has 248 valence electrons. The van der Waals surface area contributed by atoms with Gasteiger partial charge in [-0.15, -0.1) is 0 Å². The topological polar surface area (TPSA) is 111 Å². The van der Waals surface area contributed by atoms with E-state index in [1.165, 1.54) is 36.9 Å². The maximum Gasteiger partial charge on any atom is 0.255 e. The monoisotopic (exact) mass is 636 g/mol. The molecular formula is C38H48N6O3. The van der Waals surface area contributed by atoms with Gasteiger partial charge in [-0.05, 0) is 73.5 Å². The summed E-state index contributed by atoms with van der Waals surface area (Å²) in [7, 11) is 0. The van der Waals surface area contributed by atoms with Crippen LogP contribution in [0, 0.1) is 0 Å². The van der Waals surface area contributed by atoms with E-state index >= 15 is 0 Å². The van der Waals surface area contributed by atoms with Crippen LogP contribution in [-0.4, -0.2) is 76.7 Å². The molecule has 3 saturated heterocycles. The molecule has 4 heterocycles. The normalized spacial score (nSPS) is 23.6. The number of rotatable bonds is 8. The van der Waals surface area contributed by atoms with Crippen molar-refractivity contribution in [3.8, 4) is 0 Å². The van der Waals surface area contributed by atoms with Gasteiger partial charge in [0.15, 0.2) is 0 Å². The van der Waals surface area contributed by atoms with Gasteiger partial charge in [0.2, 0.25) is 11.8 Å². The predicted octanol–water partition coefficient (Wildman–Crippen LogP) is 3.81. The van der Waals surface area contributed by atoms with Crippen LogP contribution in [0.15, 0.2) is 78.9 Å². The Morgan fingerprint density at radius 3 is 2.09 bits per heavy atom. The summed E-state index contributed by atoms with van der Waals surface area (Å²) in [5.74, 6) is -0.756. The number of hydrogen-bond donors (Lipinski definition) is 3. The Morgan fingerprint density at radius 1 is 0.766 bits per heavy atom. The second kappa shape index (κ2) is 15.8. The quantitative estimate of drug-likeness (QED) is 0.323. The number of nitrogens with zero attached hydrogens (tertiary/aromatic N) is 3. The minimum Gasteiger partial charge on any atom is -0.327 e. The Morgan fingerprint density at radius 2 is 1.43 bits per heavy atom. The number of nitrogens with one attached hydrogen (secondary N) is 2. The molecule has 47 heavy (non-hydrogen) atoms. The summed E-state index contributed by atoms with van der Waals surface area (Å²) in [6.45, 7) is 7.61. The van der Waals surface area contributed by atoms with Gasteiger partial charge < -0.3 is 16.0 Å². The van der Waals surface area contributed by atoms with Crippen LogP contribution in [0.5, 0.6) is 0 Å². The van der Waals surface area contributed by atoms with Crippen molar-refractivity contribution in [1.82, 2.24) is 25.3 Å². The first-order valence-electron chi connectivity index (χ1n) is 17.2. The molecule has 3 atom stereocenters. The highest BCUT2D eigenvalue weighted by Gasteiger charge is 2.39. The molecule has 0 aliphatic carbocycles. The van der Waals surface area contributed by atoms with E-state index in [1.54, 1.807) is 4.90 Å². The zero-order chi connectivity index (χ0) is 32.6. The molecule has 4 N–H and O–H groups in total. The summed E-state index contributed by atoms with van der Waals surface area (Å²) in [4.78, 5) is 43.1. The fourth-order valence-corrected chi connectivity index (χ4v) is 7.28. The van der Waals surface area contributed by atoms with Gasteiger partial charge in [0.05, 0.1) is 0 Å². The molecule has 4 aliphatic heterocycles. The van der Waals surface area contributed by atoms with E-state index in [2.05, 4.69) is 87.2 Å². The van der Waals surface area contributed by atoms with Crippen LogP contribution in [0.3, 0.4) is 0 Å². The Labute approximate surface area is 278 Å². The number of fused-ring (bicyclic) bond motifs is 1. The van der Waals surface area contributed by atoms with Gasteiger partial charge in [0, 0.05) is 63.3 Å². The maximum absolute atomic E-state index is 12.9. The van der Waals surface area contributed by atoms with Crippen molar-refractivity contribution in [2.75, 3.05) is 26.2 Å². The number of nitrogens with two attached hydrogens (primary N) is 1. The molecule has 4 aliphatic rings. The van der Waals surface area contributed by atoms with Crippen LogP contribution >= 0.6 is 0 Å². The van der Waals surface area contributed by atoms with Crippen LogP contribution in [0.2, 0.25) is 0 Å². The molecule has 3 aromatic carbocycles. The third-order valence-electron chi connectivity index (χ3n) is 9.73. The molecule has 3 aromatic rings. The van der Waals surface area contributed by atoms with Crippen molar-refractivity contribution in [3.63, 3.8) is 0 Å². The largest absolute Gasteiger partial charge is 0.327 e. The maximum atomic E-state index is 12.9. The van der Waals surface area contributed by atoms with Crippen LogP contribution in [-0.2, 0) is 35.8 Å². The van der Waals surface area contributed by atoms with Crippen molar-refractivity contribution in [3.05, 3.63) is 107 Å². The predicted molar refractivity (Wildman–Crippen MR) is 183 cm³/mol. The lowest BCUT2D eigenvalue weighted by Gasteiger charge is -2.33. The summed E-state index contributed by atoms with van der Waals surface area (Å²) in [6.07, 6.45) is 5.44. The van der Waals surface area contributed by atoms with Crippen molar-refractivity contribution in [2.24, 2.45) is 5.73 Å². The van der Waals surface area contributed by atoms with E-state index in [-0.39, 0.29) is 24.1 Å². The van der Waals surface area contributed by atoms with Crippen LogP contribution in [0.1, 0.15) is 71.1 Å². The fourth-order valence-electron chi connectivity index (χ4n) is 7.28. The smallest absolute Gasteiger partial charge is 0.255 e. The highest BCUT2D eigenvalue weighted by Crippen LogP contribution is 2.28. The third-order valence-corrected chi connectivity index (χ3v) is 9.73. The lowest BCUT2D eigenvalue weighted by molar-refractivity contribution is -0.136. The van der Waals surface area contributed by atoms with Crippen molar-refractivity contribution < 1.29 is 14.4 Å². The van der Waals surface area contributed by atoms with E-state index in [1.807, 2.05) is 12.1 Å². The molecule has 3 fully saturated rings. The van der Waals surface area contributed by atoms with E-state index in [4.69, 9.17) is 5.73 Å². The number of piperidine rings is 3. The molecule has 7 rings (SSSR count). The third kappa shape index (κ3) is 8.93. The first-order valence-corrected chi connectivity index (χ1v) is 17.2. The summed E-state index contributed by atoms with van der Waals surface area (Å²) in [6, 6.07) is 27.4. The molecule has 0 saturated carbocycles. The Kier molecular flexibility index (Phi) is 11.1. The zero-order valence-corrected chi connectivity index (χ0v) is 27.3. The first kappa shape index (κ1) is 33.0. The van der Waals surface area contributed by atoms with Gasteiger partial charge in [-0.3, -0.25) is 29.5 Å². The second-order valence-corrected chi connectivity index (χ2v) is 13.5. The molecule has 0 radical (unpaired) electrons. The van der Waals surface area contributed by atoms with E-state index < -0.39 is 6.04 Å². The van der Waals surface area contributed by atoms with Gasteiger partial charge in [0.25, 0.3) is 5.91 Å². The molecule has 0 bridgehead atoms. The molecule has 0 aromatic heterocycles. The van der Waals surface area contributed by atoms with Crippen molar-refractivity contribution in [1.29, 1.82) is 0 Å². The number of hydrogen-bond acceptors (Lipinski definition) is 7. The number of likely N-dealkylation sites (tertiary alicyclic amines) is 2. The molecule has 9 heteroatoms. The molecule has 0 spiro atoms. The molecular weight excluding hydrogens is 588 g/mol. The van der Waals surface area contributed by atoms with Crippen molar-refractivity contribution >= 4 is 17.7 Å². The fraction of sp³-hybridized carbons (Fsp3) is 0.447. The summed E-state index contributed by atoms with van der Waals surface area (Å²) >= 11 is 0. The number of carbonyl (C=O) groups is 3. The average molecular weight is 637 g/mol. The Bertz CT molecular complexity index is 1520. The lowest BCUT2D eigenvalue weighted by Crippen LogP contribution is -2.52. The van der Waals surface area contributed by atoms with E-state index in [0.717, 1.165) is 56.8 Å². The van der Waals surface area contributed by atoms with Crippen LogP contribution in [0.25, 0.3) is 0 Å². The number of imide groups is 1.